The van der Waals surface area contributed by atoms with Crippen LogP contribution in [0.1, 0.15) is 11.1 Å². The molecule has 2 rings (SSSR count). The van der Waals surface area contributed by atoms with Gasteiger partial charge in [-0.15, -0.1) is 0 Å². The minimum atomic E-state index is -4.57. The van der Waals surface area contributed by atoms with Crippen molar-refractivity contribution in [3.63, 3.8) is 0 Å². The number of carbonyl (C=O) groups is 2. The number of anilines is 1. The number of rotatable bonds is 5. The lowest BCUT2D eigenvalue weighted by molar-refractivity contribution is -0.137. The molecule has 0 saturated heterocycles. The maximum atomic E-state index is 12.9. The van der Waals surface area contributed by atoms with E-state index in [1.165, 1.54) is 42.7 Å². The molecule has 8 heteroatoms. The number of nitrogens with one attached hydrogen (secondary N) is 1. The summed E-state index contributed by atoms with van der Waals surface area (Å²) in [7, 11) is 1.40. The summed E-state index contributed by atoms with van der Waals surface area (Å²) in [6, 6.07) is 6.51. The summed E-state index contributed by atoms with van der Waals surface area (Å²) in [4.78, 5) is 25.0. The van der Waals surface area contributed by atoms with Crippen molar-refractivity contribution < 1.29 is 22.8 Å². The van der Waals surface area contributed by atoms with E-state index in [4.69, 9.17) is 0 Å². The summed E-state index contributed by atoms with van der Waals surface area (Å²) < 4.78 is 38.7. The van der Waals surface area contributed by atoms with Gasteiger partial charge in [-0.1, -0.05) is 12.1 Å². The summed E-state index contributed by atoms with van der Waals surface area (Å²) in [5.74, 6) is -1.14. The van der Waals surface area contributed by atoms with Gasteiger partial charge >= 0.3 is 6.18 Å². The van der Waals surface area contributed by atoms with Crippen molar-refractivity contribution in [1.82, 2.24) is 4.90 Å². The normalized spacial score (nSPS) is 11.5. The van der Waals surface area contributed by atoms with Crippen LogP contribution >= 0.6 is 11.3 Å². The molecule has 2 amide bonds. The lowest BCUT2D eigenvalue weighted by atomic mass is 10.1. The molecule has 0 aliphatic rings. The zero-order valence-corrected chi connectivity index (χ0v) is 14.0. The lowest BCUT2D eigenvalue weighted by Crippen LogP contribution is -2.34. The molecule has 0 atom stereocenters. The third-order valence-electron chi connectivity index (χ3n) is 3.23. The lowest BCUT2D eigenvalue weighted by Gasteiger charge is -2.17. The molecule has 25 heavy (non-hydrogen) atoms. The number of carbonyl (C=O) groups excluding carboxylic acids is 2. The van der Waals surface area contributed by atoms with E-state index in [2.05, 4.69) is 5.32 Å². The van der Waals surface area contributed by atoms with Crippen LogP contribution in [-0.4, -0.2) is 30.3 Å². The summed E-state index contributed by atoms with van der Waals surface area (Å²) in [6.45, 7) is -0.362. The highest BCUT2D eigenvalue weighted by molar-refractivity contribution is 7.08. The van der Waals surface area contributed by atoms with Crippen molar-refractivity contribution in [1.29, 1.82) is 0 Å². The molecule has 1 aromatic carbocycles. The molecule has 0 bridgehead atoms. The second-order valence-electron chi connectivity index (χ2n) is 5.18. The van der Waals surface area contributed by atoms with Crippen molar-refractivity contribution in [2.45, 2.75) is 6.18 Å². The number of hydrogen-bond acceptors (Lipinski definition) is 3. The molecule has 0 fully saturated rings. The minimum absolute atomic E-state index is 0.338. The van der Waals surface area contributed by atoms with E-state index in [-0.39, 0.29) is 12.2 Å². The van der Waals surface area contributed by atoms with Crippen LogP contribution in [0.3, 0.4) is 0 Å². The minimum Gasteiger partial charge on any atom is -0.333 e. The predicted octanol–water partition coefficient (Wildman–Crippen LogP) is 3.88. The van der Waals surface area contributed by atoms with Gasteiger partial charge in [0.15, 0.2) is 0 Å². The van der Waals surface area contributed by atoms with Crippen LogP contribution in [-0.2, 0) is 15.8 Å². The fourth-order valence-electron chi connectivity index (χ4n) is 1.99. The van der Waals surface area contributed by atoms with E-state index in [1.807, 2.05) is 16.8 Å². The molecule has 0 saturated carbocycles. The average Bonchev–Trinajstić information content (AvgIpc) is 3.05. The van der Waals surface area contributed by atoms with Crippen LogP contribution in [0.25, 0.3) is 6.08 Å². The van der Waals surface area contributed by atoms with Crippen LogP contribution in [0.4, 0.5) is 18.9 Å². The second-order valence-corrected chi connectivity index (χ2v) is 5.96. The number of amides is 2. The Balaban J connectivity index is 1.97. The molecule has 0 radical (unpaired) electrons. The fourth-order valence-corrected chi connectivity index (χ4v) is 2.62. The Kier molecular flexibility index (Phi) is 5.97. The molecule has 0 spiro atoms. The smallest absolute Gasteiger partial charge is 0.333 e. The van der Waals surface area contributed by atoms with Gasteiger partial charge in [-0.3, -0.25) is 9.59 Å². The van der Waals surface area contributed by atoms with Gasteiger partial charge in [0.2, 0.25) is 11.8 Å². The van der Waals surface area contributed by atoms with E-state index < -0.39 is 23.6 Å². The van der Waals surface area contributed by atoms with Crippen LogP contribution < -0.4 is 5.32 Å². The van der Waals surface area contributed by atoms with Gasteiger partial charge in [-0.05, 0) is 40.6 Å². The molecular formula is C17H15F3N2O2S. The zero-order valence-electron chi connectivity index (χ0n) is 13.2. The number of hydrogen-bond donors (Lipinski definition) is 1. The molecule has 0 unspecified atom stereocenters. The summed E-state index contributed by atoms with van der Waals surface area (Å²) in [5.41, 5.74) is -0.417. The van der Waals surface area contributed by atoms with E-state index in [0.717, 1.165) is 16.5 Å². The van der Waals surface area contributed by atoms with Crippen molar-refractivity contribution in [2.24, 2.45) is 0 Å². The first-order chi connectivity index (χ1) is 11.8. The number of benzene rings is 1. The van der Waals surface area contributed by atoms with Gasteiger partial charge < -0.3 is 10.2 Å². The fraction of sp³-hybridized carbons (Fsp3) is 0.176. The van der Waals surface area contributed by atoms with Crippen molar-refractivity contribution >= 4 is 34.9 Å². The predicted molar refractivity (Wildman–Crippen MR) is 91.1 cm³/mol. The molecule has 4 nitrogen and oxygen atoms in total. The highest BCUT2D eigenvalue weighted by atomic mass is 32.1. The molecule has 2 aromatic rings. The average molecular weight is 368 g/mol. The maximum absolute atomic E-state index is 12.9. The first kappa shape index (κ1) is 18.7. The third kappa shape index (κ3) is 5.46. The maximum Gasteiger partial charge on any atom is 0.418 e. The standard InChI is InChI=1S/C17H15F3N2O2S/c1-22(16(24)7-6-12-8-9-25-11-12)10-15(23)21-14-5-3-2-4-13(14)17(18,19)20/h2-9,11H,10H2,1H3,(H,21,23). The van der Waals surface area contributed by atoms with Crippen molar-refractivity contribution in [3.05, 3.63) is 58.3 Å². The third-order valence-corrected chi connectivity index (χ3v) is 3.93. The Labute approximate surface area is 146 Å². The van der Waals surface area contributed by atoms with E-state index in [0.29, 0.717) is 0 Å². The van der Waals surface area contributed by atoms with E-state index >= 15 is 0 Å². The number of nitrogens with zero attached hydrogens (tertiary/aromatic N) is 1. The zero-order chi connectivity index (χ0) is 18.4. The van der Waals surface area contributed by atoms with Crippen LogP contribution in [0.2, 0.25) is 0 Å². The van der Waals surface area contributed by atoms with E-state index in [1.54, 1.807) is 6.08 Å². The molecule has 132 valence electrons. The first-order valence-corrected chi connectivity index (χ1v) is 8.13. The van der Waals surface area contributed by atoms with Crippen LogP contribution in [0.15, 0.2) is 47.2 Å². The number of halogens is 3. The van der Waals surface area contributed by atoms with Crippen molar-refractivity contribution in [2.75, 3.05) is 18.9 Å². The van der Waals surface area contributed by atoms with Crippen molar-refractivity contribution in [3.8, 4) is 0 Å². The van der Waals surface area contributed by atoms with Gasteiger partial charge in [0, 0.05) is 13.1 Å². The Morgan fingerprint density at radius 2 is 1.96 bits per heavy atom. The molecule has 0 aliphatic heterocycles. The van der Waals surface area contributed by atoms with Gasteiger partial charge in [0.1, 0.15) is 0 Å². The first-order valence-electron chi connectivity index (χ1n) is 7.19. The molecular weight excluding hydrogens is 353 g/mol. The van der Waals surface area contributed by atoms with Gasteiger partial charge in [0.05, 0.1) is 17.8 Å². The highest BCUT2D eigenvalue weighted by Gasteiger charge is 2.33. The Hall–Kier alpha value is -2.61. The van der Waals surface area contributed by atoms with Crippen LogP contribution in [0, 0.1) is 0 Å². The van der Waals surface area contributed by atoms with Gasteiger partial charge in [-0.25, -0.2) is 0 Å². The number of thiophene rings is 1. The van der Waals surface area contributed by atoms with Gasteiger partial charge in [-0.2, -0.15) is 24.5 Å². The largest absolute Gasteiger partial charge is 0.418 e. The monoisotopic (exact) mass is 368 g/mol. The summed E-state index contributed by atoms with van der Waals surface area (Å²) in [5, 5.41) is 5.91. The number of para-hydroxylation sites is 1. The highest BCUT2D eigenvalue weighted by Crippen LogP contribution is 2.34. The Bertz CT molecular complexity index is 770. The Morgan fingerprint density at radius 1 is 1.24 bits per heavy atom. The SMILES string of the molecule is CN(CC(=O)Nc1ccccc1C(F)(F)F)C(=O)C=Cc1ccsc1. The second kappa shape index (κ2) is 7.98. The topological polar surface area (TPSA) is 49.4 Å². The molecule has 1 N–H and O–H groups in total. The summed E-state index contributed by atoms with van der Waals surface area (Å²) in [6.07, 6.45) is -1.67. The Morgan fingerprint density at radius 3 is 2.60 bits per heavy atom. The molecule has 0 aliphatic carbocycles. The molecule has 1 aromatic heterocycles. The molecule has 1 heterocycles. The van der Waals surface area contributed by atoms with Crippen LogP contribution in [0.5, 0.6) is 0 Å². The van der Waals surface area contributed by atoms with Gasteiger partial charge in [0.25, 0.3) is 0 Å². The number of likely N-dealkylation sites (N-methyl/N-ethyl adjacent to an activating group) is 1. The number of alkyl halides is 3. The van der Waals surface area contributed by atoms with E-state index in [9.17, 15) is 22.8 Å². The quantitative estimate of drug-likeness (QED) is 0.815. The summed E-state index contributed by atoms with van der Waals surface area (Å²) >= 11 is 1.48.